The second kappa shape index (κ2) is 13.9. The van der Waals surface area contributed by atoms with E-state index in [9.17, 15) is 19.5 Å². The summed E-state index contributed by atoms with van der Waals surface area (Å²) in [6.07, 6.45) is 2.62. The van der Waals surface area contributed by atoms with Crippen molar-refractivity contribution in [1.29, 1.82) is 0 Å². The number of pyridine rings is 1. The van der Waals surface area contributed by atoms with Crippen LogP contribution in [-0.4, -0.2) is 51.2 Å². The molecule has 6 nitrogen and oxygen atoms in total. The zero-order valence-electron chi connectivity index (χ0n) is 21.7. The summed E-state index contributed by atoms with van der Waals surface area (Å²) in [5, 5.41) is 9.51. The first-order valence-corrected chi connectivity index (χ1v) is 12.3. The number of carbonyl (C=O) groups excluding carboxylic acids is 1. The third-order valence-electron chi connectivity index (χ3n) is 6.25. The zero-order chi connectivity index (χ0) is 26.2. The number of unbranched alkanes of at least 4 members (excludes halogenated alkanes) is 1. The van der Waals surface area contributed by atoms with Crippen molar-refractivity contribution in [3.8, 4) is 11.1 Å². The van der Waals surface area contributed by atoms with E-state index in [1.54, 1.807) is 34.9 Å². The van der Waals surface area contributed by atoms with Crippen LogP contribution in [0, 0.1) is 0 Å². The fourth-order valence-electron chi connectivity index (χ4n) is 4.22. The van der Waals surface area contributed by atoms with E-state index in [-0.39, 0.29) is 52.9 Å². The average Bonchev–Trinajstić information content (AvgIpc) is 2.93. The number of aryl methyl sites for hydroxylation is 1. The first-order chi connectivity index (χ1) is 18.0. The van der Waals surface area contributed by atoms with Gasteiger partial charge in [0.2, 0.25) is 0 Å². The quantitative estimate of drug-likeness (QED) is 0.219. The molecule has 1 radical (unpaired) electrons. The molecule has 0 aliphatic rings. The zero-order valence-corrected chi connectivity index (χ0v) is 23.7. The van der Waals surface area contributed by atoms with Gasteiger partial charge in [0, 0.05) is 35.3 Å². The molecule has 38 heavy (non-hydrogen) atoms. The molecule has 3 aromatic carbocycles. The van der Waals surface area contributed by atoms with Gasteiger partial charge in [0.15, 0.2) is 0 Å². The predicted octanol–water partition coefficient (Wildman–Crippen LogP) is 5.58. The largest absolute Gasteiger partial charge is 0.478 e. The molecule has 1 heterocycles. The van der Waals surface area contributed by atoms with E-state index in [1.165, 1.54) is 0 Å². The fourth-order valence-corrected chi connectivity index (χ4v) is 4.22. The molecule has 189 valence electrons. The maximum atomic E-state index is 13.4. The van der Waals surface area contributed by atoms with Gasteiger partial charge in [-0.25, -0.2) is 9.59 Å². The molecular formula is C31H29NNaO5. The van der Waals surface area contributed by atoms with Crippen LogP contribution in [0.4, 0.5) is 0 Å². The molecule has 1 N–H and O–H groups in total. The molecule has 4 aromatic rings. The number of benzene rings is 3. The molecular weight excluding hydrogens is 489 g/mol. The molecule has 0 amide bonds. The van der Waals surface area contributed by atoms with Gasteiger partial charge < -0.3 is 14.4 Å². The van der Waals surface area contributed by atoms with Gasteiger partial charge in [0.1, 0.15) is 12.2 Å². The molecule has 0 saturated carbocycles. The molecule has 0 saturated heterocycles. The molecule has 0 spiro atoms. The van der Waals surface area contributed by atoms with Crippen LogP contribution < -0.4 is 5.56 Å². The van der Waals surface area contributed by atoms with Gasteiger partial charge in [-0.1, -0.05) is 86.1 Å². The number of carboxylic acid groups (broad SMARTS) is 1. The van der Waals surface area contributed by atoms with E-state index in [2.05, 4.69) is 6.92 Å². The van der Waals surface area contributed by atoms with Gasteiger partial charge in [0.25, 0.3) is 5.56 Å². The summed E-state index contributed by atoms with van der Waals surface area (Å²) in [4.78, 5) is 37.8. The minimum Gasteiger partial charge on any atom is -0.478 e. The number of nitrogens with zero attached hydrogens (tertiary/aromatic N) is 1. The van der Waals surface area contributed by atoms with Crippen LogP contribution in [0.5, 0.6) is 0 Å². The Morgan fingerprint density at radius 1 is 0.816 bits per heavy atom. The first-order valence-electron chi connectivity index (χ1n) is 12.3. The van der Waals surface area contributed by atoms with E-state index >= 15 is 0 Å². The van der Waals surface area contributed by atoms with Crippen molar-refractivity contribution in [2.24, 2.45) is 0 Å². The number of hydrogen-bond donors (Lipinski definition) is 1. The summed E-state index contributed by atoms with van der Waals surface area (Å²) in [5.41, 5.74) is 3.83. The Hall–Kier alpha value is -3.45. The van der Waals surface area contributed by atoms with Crippen molar-refractivity contribution < 1.29 is 19.4 Å². The van der Waals surface area contributed by atoms with Gasteiger partial charge in [0.05, 0.1) is 12.1 Å². The summed E-state index contributed by atoms with van der Waals surface area (Å²) in [6, 6.07) is 27.0. The van der Waals surface area contributed by atoms with E-state index in [4.69, 9.17) is 4.74 Å². The molecule has 0 aliphatic carbocycles. The molecule has 0 unspecified atom stereocenters. The van der Waals surface area contributed by atoms with Crippen LogP contribution in [0.2, 0.25) is 0 Å². The first kappa shape index (κ1) is 29.1. The number of hydrogen-bond acceptors (Lipinski definition) is 4. The number of aromatic nitrogens is 1. The van der Waals surface area contributed by atoms with E-state index in [1.807, 2.05) is 60.7 Å². The number of carbonyl (C=O) groups is 2. The summed E-state index contributed by atoms with van der Waals surface area (Å²) in [5.74, 6) is -1.63. The van der Waals surface area contributed by atoms with Crippen LogP contribution in [-0.2, 0) is 24.3 Å². The maximum absolute atomic E-state index is 13.4. The third kappa shape index (κ3) is 7.10. The molecule has 0 fully saturated rings. The molecule has 0 atom stereocenters. The van der Waals surface area contributed by atoms with Gasteiger partial charge in [-0.3, -0.25) is 4.79 Å². The van der Waals surface area contributed by atoms with Crippen molar-refractivity contribution in [3.63, 3.8) is 0 Å². The Morgan fingerprint density at radius 2 is 1.50 bits per heavy atom. The maximum Gasteiger partial charge on any atom is 0.344 e. The number of ether oxygens (including phenoxy) is 1. The minimum absolute atomic E-state index is 0. The van der Waals surface area contributed by atoms with E-state index < -0.39 is 11.9 Å². The Kier molecular flexibility index (Phi) is 10.7. The van der Waals surface area contributed by atoms with Crippen molar-refractivity contribution in [1.82, 2.24) is 4.57 Å². The summed E-state index contributed by atoms with van der Waals surface area (Å²) < 4.78 is 7.05. The van der Waals surface area contributed by atoms with Gasteiger partial charge in [-0.15, -0.1) is 0 Å². The number of esters is 1. The number of rotatable bonds is 10. The Morgan fingerprint density at radius 3 is 2.18 bits per heavy atom. The third-order valence-corrected chi connectivity index (χ3v) is 6.25. The predicted molar refractivity (Wildman–Crippen MR) is 149 cm³/mol. The number of aromatic carboxylic acids is 1. The van der Waals surface area contributed by atoms with Crippen molar-refractivity contribution in [2.75, 3.05) is 0 Å². The summed E-state index contributed by atoms with van der Waals surface area (Å²) >= 11 is 0. The monoisotopic (exact) mass is 518 g/mol. The summed E-state index contributed by atoms with van der Waals surface area (Å²) in [7, 11) is 0. The van der Waals surface area contributed by atoms with Gasteiger partial charge >= 0.3 is 11.9 Å². The molecule has 7 heteroatoms. The molecule has 0 aliphatic heterocycles. The molecule has 4 rings (SSSR count). The average molecular weight is 519 g/mol. The Labute approximate surface area is 244 Å². The minimum atomic E-state index is -0.984. The Balaban J connectivity index is 0.00000400. The number of carboxylic acids is 1. The second-order valence-corrected chi connectivity index (χ2v) is 8.84. The van der Waals surface area contributed by atoms with Crippen LogP contribution in [0.15, 0.2) is 95.8 Å². The fraction of sp³-hybridized carbons (Fsp3) is 0.194. The van der Waals surface area contributed by atoms with Crippen molar-refractivity contribution in [3.05, 3.63) is 129 Å². The van der Waals surface area contributed by atoms with Crippen LogP contribution in [0.25, 0.3) is 11.1 Å². The van der Waals surface area contributed by atoms with Gasteiger partial charge in [-0.05, 0) is 53.3 Å². The van der Waals surface area contributed by atoms with E-state index in [0.29, 0.717) is 12.1 Å². The molecule has 1 aromatic heterocycles. The summed E-state index contributed by atoms with van der Waals surface area (Å²) in [6.45, 7) is 2.47. The standard InChI is InChI=1S/C31H29NO5.Na/c1-2-3-11-25-18-19-28(31(36)37-21-23-9-5-4-6-10-23)29(33)32(25)20-22-14-16-24(17-15-22)26-12-7-8-13-27(26)30(34)35;/h4-10,12-19H,2-3,11,20-21H2,1H3,(H,34,35);. The Bertz CT molecular complexity index is 1450. The second-order valence-electron chi connectivity index (χ2n) is 8.84. The van der Waals surface area contributed by atoms with E-state index in [0.717, 1.165) is 41.6 Å². The normalized spacial score (nSPS) is 10.4. The van der Waals surface area contributed by atoms with Crippen LogP contribution >= 0.6 is 0 Å². The molecule has 0 bridgehead atoms. The topological polar surface area (TPSA) is 85.6 Å². The van der Waals surface area contributed by atoms with Gasteiger partial charge in [-0.2, -0.15) is 0 Å². The SMILES string of the molecule is CCCCc1ccc(C(=O)OCc2ccccc2)c(=O)n1Cc1ccc(-c2ccccc2C(=O)O)cc1.[Na]. The van der Waals surface area contributed by atoms with Crippen molar-refractivity contribution >= 4 is 41.5 Å². The van der Waals surface area contributed by atoms with Crippen molar-refractivity contribution in [2.45, 2.75) is 39.3 Å². The van der Waals surface area contributed by atoms with Crippen LogP contribution in [0.1, 0.15) is 57.3 Å². The smallest absolute Gasteiger partial charge is 0.344 e. The van der Waals surface area contributed by atoms with Crippen LogP contribution in [0.3, 0.4) is 0 Å².